The third-order valence-electron chi connectivity index (χ3n) is 3.37. The average Bonchev–Trinajstić information content (AvgIpc) is 2.54. The topological polar surface area (TPSA) is 82.3 Å². The smallest absolute Gasteiger partial charge is 0.225 e. The van der Waals surface area contributed by atoms with Gasteiger partial charge >= 0.3 is 0 Å². The highest BCUT2D eigenvalue weighted by Gasteiger charge is 2.30. The summed E-state index contributed by atoms with van der Waals surface area (Å²) in [5.41, 5.74) is 1.23. The summed E-state index contributed by atoms with van der Waals surface area (Å²) in [4.78, 5) is 12.0. The van der Waals surface area contributed by atoms with Crippen molar-refractivity contribution in [3.63, 3.8) is 0 Å². The number of nitrogens with zero attached hydrogens (tertiary/aromatic N) is 1. The number of nitriles is 1. The maximum absolute atomic E-state index is 12.0. The number of amides is 1. The molecule has 23 heavy (non-hydrogen) atoms. The number of allylic oxidation sites excluding steroid dienone is 1. The molecule has 0 saturated heterocycles. The van der Waals surface area contributed by atoms with Crippen LogP contribution in [0.3, 0.4) is 0 Å². The van der Waals surface area contributed by atoms with E-state index in [4.69, 9.17) is 4.74 Å². The number of methoxy groups -OCH3 is 1. The molecule has 2 rings (SSSR count). The minimum Gasteiger partial charge on any atom is -0.503 e. The first-order chi connectivity index (χ1) is 11.0. The minimum atomic E-state index is -0.383. The zero-order valence-corrected chi connectivity index (χ0v) is 14.8. The van der Waals surface area contributed by atoms with Crippen LogP contribution in [0, 0.1) is 11.3 Å². The molecule has 0 fully saturated rings. The Labute approximate surface area is 147 Å². The molecule has 0 unspecified atom stereocenters. The minimum absolute atomic E-state index is 0.0137. The van der Waals surface area contributed by atoms with E-state index in [1.54, 1.807) is 18.2 Å². The first kappa shape index (κ1) is 17.4. The quantitative estimate of drug-likeness (QED) is 0.747. The normalized spacial score (nSPS) is 17.4. The van der Waals surface area contributed by atoms with Gasteiger partial charge in [-0.25, -0.2) is 0 Å². The Morgan fingerprint density at radius 1 is 1.65 bits per heavy atom. The molecule has 120 valence electrons. The van der Waals surface area contributed by atoms with E-state index in [-0.39, 0.29) is 29.7 Å². The Morgan fingerprint density at radius 3 is 3.00 bits per heavy atom. The van der Waals surface area contributed by atoms with Gasteiger partial charge in [0, 0.05) is 18.1 Å². The third-order valence-corrected chi connectivity index (χ3v) is 4.99. The number of carbonyl (C=O) groups excluding carboxylic acids is 1. The molecule has 0 spiro atoms. The van der Waals surface area contributed by atoms with Crippen LogP contribution in [0.5, 0.6) is 11.5 Å². The Kier molecular flexibility index (Phi) is 5.74. The van der Waals surface area contributed by atoms with Gasteiger partial charge in [0.1, 0.15) is 0 Å². The Morgan fingerprint density at radius 2 is 2.39 bits per heavy atom. The monoisotopic (exact) mass is 394 g/mol. The summed E-state index contributed by atoms with van der Waals surface area (Å²) < 4.78 is 5.60. The van der Waals surface area contributed by atoms with Gasteiger partial charge in [-0.3, -0.25) is 4.79 Å². The maximum Gasteiger partial charge on any atom is 0.225 e. The van der Waals surface area contributed by atoms with Gasteiger partial charge in [-0.1, -0.05) is 6.08 Å². The fourth-order valence-electron chi connectivity index (χ4n) is 2.31. The molecule has 1 heterocycles. The van der Waals surface area contributed by atoms with Crippen molar-refractivity contribution >= 4 is 33.6 Å². The van der Waals surface area contributed by atoms with Crippen molar-refractivity contribution in [2.75, 3.05) is 12.9 Å². The summed E-state index contributed by atoms with van der Waals surface area (Å²) >= 11 is 4.63. The average molecular weight is 395 g/mol. The number of phenols is 1. The van der Waals surface area contributed by atoms with Crippen LogP contribution in [0.25, 0.3) is 0 Å². The van der Waals surface area contributed by atoms with Gasteiger partial charge in [-0.05, 0) is 33.6 Å². The molecule has 1 aliphatic heterocycles. The Balaban J connectivity index is 2.52. The fraction of sp³-hybridized carbons (Fsp3) is 0.250. The van der Waals surface area contributed by atoms with Crippen molar-refractivity contribution in [3.05, 3.63) is 45.4 Å². The predicted octanol–water partition coefficient (Wildman–Crippen LogP) is 3.42. The first-order valence-corrected chi connectivity index (χ1v) is 8.53. The van der Waals surface area contributed by atoms with Crippen molar-refractivity contribution in [2.24, 2.45) is 0 Å². The second-order valence-corrected chi connectivity index (χ2v) is 6.70. The van der Waals surface area contributed by atoms with Crippen LogP contribution in [0.1, 0.15) is 17.9 Å². The number of hydrogen-bond donors (Lipinski definition) is 2. The fourth-order valence-corrected chi connectivity index (χ4v) is 3.58. The molecular formula is C16H15BrN2O3S. The van der Waals surface area contributed by atoms with E-state index >= 15 is 0 Å². The molecule has 0 radical (unpaired) electrons. The molecule has 1 amide bonds. The number of carbonyl (C=O) groups is 1. The summed E-state index contributed by atoms with van der Waals surface area (Å²) in [6.07, 6.45) is 1.88. The lowest BCUT2D eigenvalue weighted by Gasteiger charge is -2.25. The van der Waals surface area contributed by atoms with E-state index in [1.807, 2.05) is 0 Å². The van der Waals surface area contributed by atoms with E-state index in [0.29, 0.717) is 20.8 Å². The van der Waals surface area contributed by atoms with Crippen molar-refractivity contribution in [1.82, 2.24) is 5.32 Å². The zero-order valence-electron chi connectivity index (χ0n) is 12.4. The highest BCUT2D eigenvalue weighted by Crippen LogP contribution is 2.42. The number of halogens is 1. The number of ether oxygens (including phenoxy) is 1. The van der Waals surface area contributed by atoms with Gasteiger partial charge < -0.3 is 15.2 Å². The lowest BCUT2D eigenvalue weighted by Crippen LogP contribution is -2.30. The van der Waals surface area contributed by atoms with E-state index in [0.717, 1.165) is 5.56 Å². The van der Waals surface area contributed by atoms with E-state index in [2.05, 4.69) is 33.9 Å². The Bertz CT molecular complexity index is 725. The molecule has 1 atom stereocenters. The van der Waals surface area contributed by atoms with Crippen molar-refractivity contribution < 1.29 is 14.6 Å². The number of nitrogens with one attached hydrogen (secondary N) is 1. The van der Waals surface area contributed by atoms with Gasteiger partial charge in [0.15, 0.2) is 11.5 Å². The molecule has 7 heteroatoms. The molecule has 0 bridgehead atoms. The largest absolute Gasteiger partial charge is 0.503 e. The van der Waals surface area contributed by atoms with Crippen molar-refractivity contribution in [3.8, 4) is 17.6 Å². The molecule has 1 aromatic rings. The standard InChI is InChI=1S/C16H15BrN2O3S/c1-3-4-23-16-11(8-18)10(7-14(20)19-16)9-5-12(17)15(21)13(6-9)22-2/h3,5-6,10,21H,1,4,7H2,2H3,(H,19,20)/t10-/m1/s1. The summed E-state index contributed by atoms with van der Waals surface area (Å²) in [5.74, 6) is 0.338. The molecule has 0 saturated carbocycles. The van der Waals surface area contributed by atoms with Crippen LogP contribution in [0.2, 0.25) is 0 Å². The Hall–Kier alpha value is -1.91. The molecule has 5 nitrogen and oxygen atoms in total. The van der Waals surface area contributed by atoms with Crippen LogP contribution >= 0.6 is 27.7 Å². The van der Waals surface area contributed by atoms with Crippen LogP contribution in [0.15, 0.2) is 39.9 Å². The van der Waals surface area contributed by atoms with Crippen LogP contribution < -0.4 is 10.1 Å². The predicted molar refractivity (Wildman–Crippen MR) is 93.2 cm³/mol. The summed E-state index contributed by atoms with van der Waals surface area (Å²) in [5, 5.41) is 22.8. The molecule has 0 aliphatic carbocycles. The highest BCUT2D eigenvalue weighted by molar-refractivity contribution is 9.10. The lowest BCUT2D eigenvalue weighted by molar-refractivity contribution is -0.120. The SMILES string of the molecule is C=CCSC1=C(C#N)[C@@H](c2cc(Br)c(O)c(OC)c2)CC(=O)N1. The highest BCUT2D eigenvalue weighted by atomic mass is 79.9. The number of rotatable bonds is 5. The summed E-state index contributed by atoms with van der Waals surface area (Å²) in [7, 11) is 1.45. The van der Waals surface area contributed by atoms with E-state index in [1.165, 1.54) is 18.9 Å². The van der Waals surface area contributed by atoms with Crippen LogP contribution in [0.4, 0.5) is 0 Å². The zero-order chi connectivity index (χ0) is 17.0. The van der Waals surface area contributed by atoms with Gasteiger partial charge in [0.2, 0.25) is 5.91 Å². The number of phenolic OH excluding ortho intramolecular Hbond substituents is 1. The van der Waals surface area contributed by atoms with Crippen LogP contribution in [-0.4, -0.2) is 23.9 Å². The van der Waals surface area contributed by atoms with E-state index in [9.17, 15) is 15.2 Å². The molecule has 0 aromatic heterocycles. The van der Waals surface area contributed by atoms with Gasteiger partial charge in [-0.2, -0.15) is 5.26 Å². The van der Waals surface area contributed by atoms with E-state index < -0.39 is 0 Å². The number of aromatic hydroxyl groups is 1. The second kappa shape index (κ2) is 7.57. The molecule has 2 N–H and O–H groups in total. The first-order valence-electron chi connectivity index (χ1n) is 6.76. The maximum atomic E-state index is 12.0. The van der Waals surface area contributed by atoms with Crippen molar-refractivity contribution in [2.45, 2.75) is 12.3 Å². The molecule has 1 aliphatic rings. The number of thioether (sulfide) groups is 1. The molecule has 1 aromatic carbocycles. The summed E-state index contributed by atoms with van der Waals surface area (Å²) in [6, 6.07) is 5.55. The van der Waals surface area contributed by atoms with Crippen molar-refractivity contribution in [1.29, 1.82) is 5.26 Å². The molecular weight excluding hydrogens is 380 g/mol. The van der Waals surface area contributed by atoms with Gasteiger partial charge in [0.05, 0.1) is 28.3 Å². The number of hydrogen-bond acceptors (Lipinski definition) is 5. The van der Waals surface area contributed by atoms with Crippen LogP contribution in [-0.2, 0) is 4.79 Å². The van der Waals surface area contributed by atoms with Gasteiger partial charge in [0.25, 0.3) is 0 Å². The summed E-state index contributed by atoms with van der Waals surface area (Å²) in [6.45, 7) is 3.65. The third kappa shape index (κ3) is 3.71. The second-order valence-electron chi connectivity index (χ2n) is 4.81. The lowest BCUT2D eigenvalue weighted by atomic mass is 9.87. The number of benzene rings is 1. The van der Waals surface area contributed by atoms with Gasteiger partial charge in [-0.15, -0.1) is 18.3 Å².